The van der Waals surface area contributed by atoms with E-state index in [2.05, 4.69) is 55.3 Å². The summed E-state index contributed by atoms with van der Waals surface area (Å²) in [5.74, 6) is -2.55. The maximum Gasteiger partial charge on any atom is 0.490 e. The number of carboxylic acid groups (broad SMARTS) is 1. The van der Waals surface area contributed by atoms with Gasteiger partial charge in [-0.15, -0.1) is 11.3 Å². The van der Waals surface area contributed by atoms with E-state index in [1.807, 2.05) is 0 Å². The Balaban J connectivity index is 0.000000616. The van der Waals surface area contributed by atoms with E-state index in [9.17, 15) is 31.1 Å². The number of nitrogens with zero attached hydrogens (tertiary/aromatic N) is 1. The van der Waals surface area contributed by atoms with Crippen LogP contribution in [0, 0.1) is 5.92 Å². The Bertz CT molecular complexity index is 1360. The number of hydrogen-bond acceptors (Lipinski definition) is 4. The van der Waals surface area contributed by atoms with Gasteiger partial charge in [0.1, 0.15) is 0 Å². The third-order valence-electron chi connectivity index (χ3n) is 6.74. The second kappa shape index (κ2) is 13.3. The van der Waals surface area contributed by atoms with E-state index in [0.29, 0.717) is 28.5 Å². The zero-order valence-electron chi connectivity index (χ0n) is 23.3. The number of rotatable bonds is 6. The molecule has 3 aromatic rings. The summed E-state index contributed by atoms with van der Waals surface area (Å²) in [5, 5.41) is 11.9. The first-order chi connectivity index (χ1) is 19.4. The van der Waals surface area contributed by atoms with Gasteiger partial charge in [-0.1, -0.05) is 57.2 Å². The molecule has 1 atom stereocenters. The van der Waals surface area contributed by atoms with E-state index < -0.39 is 23.9 Å². The van der Waals surface area contributed by atoms with Crippen LogP contribution in [0.2, 0.25) is 0 Å². The van der Waals surface area contributed by atoms with Crippen LogP contribution in [0.1, 0.15) is 53.6 Å². The van der Waals surface area contributed by atoms with Gasteiger partial charge >= 0.3 is 18.3 Å². The average Bonchev–Trinajstić information content (AvgIpc) is 3.57. The summed E-state index contributed by atoms with van der Waals surface area (Å²) in [5.41, 5.74) is 3.15. The van der Waals surface area contributed by atoms with Crippen molar-refractivity contribution in [3.05, 3.63) is 81.5 Å². The van der Waals surface area contributed by atoms with Gasteiger partial charge in [0.05, 0.1) is 10.4 Å². The monoisotopic (exact) mass is 614 g/mol. The van der Waals surface area contributed by atoms with Crippen molar-refractivity contribution >= 4 is 23.2 Å². The highest BCUT2D eigenvalue weighted by molar-refractivity contribution is 7.12. The summed E-state index contributed by atoms with van der Waals surface area (Å²) in [6.07, 6.45) is -8.45. The van der Waals surface area contributed by atoms with Crippen molar-refractivity contribution in [2.24, 2.45) is 5.92 Å². The van der Waals surface area contributed by atoms with Gasteiger partial charge < -0.3 is 10.4 Å². The lowest BCUT2D eigenvalue weighted by atomic mass is 9.87. The third kappa shape index (κ3) is 9.59. The van der Waals surface area contributed by atoms with Gasteiger partial charge in [0.2, 0.25) is 0 Å². The largest absolute Gasteiger partial charge is 0.490 e. The number of carbonyl (C=O) groups is 2. The number of carbonyl (C=O) groups excluding carboxylic acids is 1. The molecule has 0 spiro atoms. The summed E-state index contributed by atoms with van der Waals surface area (Å²) < 4.78 is 70.8. The van der Waals surface area contributed by atoms with Crippen LogP contribution in [-0.2, 0) is 22.9 Å². The summed E-state index contributed by atoms with van der Waals surface area (Å²) in [4.78, 5) is 24.5. The molecule has 1 aromatic heterocycles. The Morgan fingerprint density at radius 3 is 2.17 bits per heavy atom. The molecule has 42 heavy (non-hydrogen) atoms. The number of benzene rings is 2. The van der Waals surface area contributed by atoms with Crippen LogP contribution in [0.25, 0.3) is 11.1 Å². The van der Waals surface area contributed by atoms with Gasteiger partial charge in [-0.3, -0.25) is 9.69 Å². The van der Waals surface area contributed by atoms with Crippen molar-refractivity contribution in [3.8, 4) is 11.1 Å². The highest BCUT2D eigenvalue weighted by Crippen LogP contribution is 2.33. The number of likely N-dealkylation sites (tertiary alicyclic amines) is 1. The molecular formula is C30H32F6N2O3S. The van der Waals surface area contributed by atoms with Gasteiger partial charge in [-0.25, -0.2) is 4.79 Å². The van der Waals surface area contributed by atoms with Crippen LogP contribution < -0.4 is 5.32 Å². The Labute approximate surface area is 244 Å². The van der Waals surface area contributed by atoms with Gasteiger partial charge in [0.15, 0.2) is 0 Å². The number of halogens is 6. The van der Waals surface area contributed by atoms with Gasteiger partial charge in [-0.05, 0) is 70.1 Å². The van der Waals surface area contributed by atoms with E-state index in [4.69, 9.17) is 9.90 Å². The van der Waals surface area contributed by atoms with Crippen molar-refractivity contribution in [1.82, 2.24) is 10.2 Å². The van der Waals surface area contributed by atoms with Crippen molar-refractivity contribution in [1.29, 1.82) is 0 Å². The van der Waals surface area contributed by atoms with Crippen LogP contribution in [0.3, 0.4) is 0 Å². The van der Waals surface area contributed by atoms with Crippen molar-refractivity contribution in [2.75, 3.05) is 19.6 Å². The molecule has 0 aliphatic carbocycles. The molecule has 1 saturated heterocycles. The topological polar surface area (TPSA) is 69.6 Å². The zero-order chi connectivity index (χ0) is 31.3. The first-order valence-corrected chi connectivity index (χ1v) is 14.0. The minimum Gasteiger partial charge on any atom is -0.475 e. The number of hydrogen-bond donors (Lipinski definition) is 2. The van der Waals surface area contributed by atoms with E-state index in [1.54, 1.807) is 17.5 Å². The third-order valence-corrected chi connectivity index (χ3v) is 7.67. The average molecular weight is 615 g/mol. The smallest absolute Gasteiger partial charge is 0.475 e. The van der Waals surface area contributed by atoms with Crippen molar-refractivity contribution in [3.63, 3.8) is 0 Å². The number of nitrogens with one attached hydrogen (secondary N) is 1. The normalized spacial score (nSPS) is 16.1. The second-order valence-electron chi connectivity index (χ2n) is 11.1. The molecule has 2 aromatic carbocycles. The maximum absolute atomic E-state index is 13.0. The fourth-order valence-electron chi connectivity index (χ4n) is 4.40. The fraction of sp³-hybridized carbons (Fsp3) is 0.400. The molecule has 2 N–H and O–H groups in total. The summed E-state index contributed by atoms with van der Waals surface area (Å²) in [6, 6.07) is 15.7. The minimum absolute atomic E-state index is 0.145. The molecule has 0 saturated carbocycles. The molecule has 1 aliphatic heterocycles. The molecule has 4 rings (SSSR count). The lowest BCUT2D eigenvalue weighted by Crippen LogP contribution is -2.30. The lowest BCUT2D eigenvalue weighted by Gasteiger charge is -2.20. The molecule has 1 unspecified atom stereocenters. The van der Waals surface area contributed by atoms with Crippen molar-refractivity contribution in [2.45, 2.75) is 51.5 Å². The molecule has 0 bridgehead atoms. The highest BCUT2D eigenvalue weighted by Gasteiger charge is 2.38. The Morgan fingerprint density at radius 1 is 0.952 bits per heavy atom. The Hall–Kier alpha value is -3.38. The lowest BCUT2D eigenvalue weighted by molar-refractivity contribution is -0.192. The van der Waals surface area contributed by atoms with E-state index in [0.717, 1.165) is 38.2 Å². The molecule has 5 nitrogen and oxygen atoms in total. The highest BCUT2D eigenvalue weighted by atomic mass is 32.1. The van der Waals surface area contributed by atoms with Crippen LogP contribution >= 0.6 is 11.3 Å². The summed E-state index contributed by atoms with van der Waals surface area (Å²) >= 11 is 1.25. The predicted octanol–water partition coefficient (Wildman–Crippen LogP) is 7.62. The van der Waals surface area contributed by atoms with Gasteiger partial charge in [-0.2, -0.15) is 26.3 Å². The van der Waals surface area contributed by atoms with E-state index >= 15 is 0 Å². The zero-order valence-corrected chi connectivity index (χ0v) is 24.1. The van der Waals surface area contributed by atoms with Gasteiger partial charge in [0.25, 0.3) is 5.91 Å². The Kier molecular flexibility index (Phi) is 10.5. The SMILES string of the molecule is CC(C)(C)c1ccc(CN2CCC(CNC(=O)c3cc(-c4cccc(C(F)(F)F)c4)cs3)C2)cc1.O=C(O)C(F)(F)F. The molecule has 2 heterocycles. The van der Waals surface area contributed by atoms with Crippen LogP contribution in [-0.4, -0.2) is 47.7 Å². The van der Waals surface area contributed by atoms with Crippen LogP contribution in [0.15, 0.2) is 60.0 Å². The molecule has 12 heteroatoms. The number of thiophene rings is 1. The predicted molar refractivity (Wildman–Crippen MR) is 149 cm³/mol. The first kappa shape index (κ1) is 33.1. The molecule has 228 valence electrons. The summed E-state index contributed by atoms with van der Waals surface area (Å²) in [7, 11) is 0. The molecule has 1 fully saturated rings. The van der Waals surface area contributed by atoms with Crippen LogP contribution in [0.4, 0.5) is 26.3 Å². The number of amides is 1. The van der Waals surface area contributed by atoms with Gasteiger partial charge in [0, 0.05) is 19.6 Å². The molecule has 1 aliphatic rings. The quantitative estimate of drug-likeness (QED) is 0.281. The second-order valence-corrected chi connectivity index (χ2v) is 12.0. The van der Waals surface area contributed by atoms with Crippen molar-refractivity contribution < 1.29 is 41.0 Å². The van der Waals surface area contributed by atoms with E-state index in [1.165, 1.54) is 28.5 Å². The van der Waals surface area contributed by atoms with Crippen LogP contribution in [0.5, 0.6) is 0 Å². The number of carboxylic acids is 1. The summed E-state index contributed by atoms with van der Waals surface area (Å²) in [6.45, 7) is 10.1. The number of alkyl halides is 6. The first-order valence-electron chi connectivity index (χ1n) is 13.1. The molecule has 0 radical (unpaired) electrons. The number of aliphatic carboxylic acids is 1. The standard InChI is InChI=1S/C28H31F3N2OS.C2HF3O2/c1-27(2,3)23-9-7-19(8-10-23)16-33-12-11-20(17-33)15-32-26(34)25-14-22(18-35-25)21-5-4-6-24(13-21)28(29,30)31;3-2(4,5)1(6)7/h4-10,13-14,18,20H,11-12,15-17H2,1-3H3,(H,32,34);(H,6,7). The fourth-order valence-corrected chi connectivity index (χ4v) is 5.23. The molecule has 1 amide bonds. The molecular weight excluding hydrogens is 582 g/mol. The maximum atomic E-state index is 13.0. The minimum atomic E-state index is -5.08. The van der Waals surface area contributed by atoms with E-state index in [-0.39, 0.29) is 11.3 Å². The Morgan fingerprint density at radius 2 is 1.60 bits per heavy atom.